The zero-order valence-corrected chi connectivity index (χ0v) is 21.2. The van der Waals surface area contributed by atoms with Gasteiger partial charge in [-0.3, -0.25) is 4.79 Å². The topological polar surface area (TPSA) is 65.4 Å². The van der Waals surface area contributed by atoms with Crippen LogP contribution in [0.15, 0.2) is 72.8 Å². The van der Waals surface area contributed by atoms with E-state index in [1.807, 2.05) is 18.2 Å². The number of ether oxygens (including phenoxy) is 2. The van der Waals surface area contributed by atoms with Crippen LogP contribution < -0.4 is 14.8 Å². The molecule has 0 aliphatic heterocycles. The molecule has 0 spiro atoms. The lowest BCUT2D eigenvalue weighted by Crippen LogP contribution is -2.24. The molecule has 0 radical (unpaired) electrons. The first-order valence-corrected chi connectivity index (χ1v) is 12.7. The van der Waals surface area contributed by atoms with E-state index >= 15 is 0 Å². The molecule has 0 saturated carbocycles. The minimum atomic E-state index is -0.0488. The summed E-state index contributed by atoms with van der Waals surface area (Å²) in [5.41, 5.74) is 4.10. The van der Waals surface area contributed by atoms with Gasteiger partial charge >= 0.3 is 0 Å². The molecule has 4 rings (SSSR count). The number of carbonyl (C=O) groups excluding carboxylic acids is 1. The number of fused-ring (bicyclic) bond motifs is 1. The number of imidazole rings is 1. The Morgan fingerprint density at radius 2 is 1.64 bits per heavy atom. The van der Waals surface area contributed by atoms with Gasteiger partial charge in [-0.15, -0.1) is 0 Å². The van der Waals surface area contributed by atoms with E-state index in [0.717, 1.165) is 61.5 Å². The number of methoxy groups -OCH3 is 1. The standard InChI is InChI=1S/C30H35N3O3/c1-23-12-16-26(17-13-23)36-22-8-21-33-28-10-6-5-9-27(28)32-29(33)11-4-3-7-20-31-30(34)24-14-18-25(35-2)19-15-24/h5-6,9-10,12-19H,3-4,7-8,11,20-22H2,1-2H3,(H,31,34). The summed E-state index contributed by atoms with van der Waals surface area (Å²) in [7, 11) is 1.62. The smallest absolute Gasteiger partial charge is 0.251 e. The van der Waals surface area contributed by atoms with Gasteiger partial charge in [0.05, 0.1) is 24.8 Å². The van der Waals surface area contributed by atoms with Crippen LogP contribution in [0, 0.1) is 6.92 Å². The van der Waals surface area contributed by atoms with Crippen molar-refractivity contribution in [1.82, 2.24) is 14.9 Å². The number of amides is 1. The zero-order chi connectivity index (χ0) is 25.2. The second-order valence-corrected chi connectivity index (χ2v) is 8.98. The number of aromatic nitrogens is 2. The first-order valence-electron chi connectivity index (χ1n) is 12.7. The maximum Gasteiger partial charge on any atom is 0.251 e. The first kappa shape index (κ1) is 25.3. The predicted molar refractivity (Wildman–Crippen MR) is 144 cm³/mol. The molecule has 0 aliphatic carbocycles. The minimum Gasteiger partial charge on any atom is -0.497 e. The normalized spacial score (nSPS) is 10.9. The summed E-state index contributed by atoms with van der Waals surface area (Å²) < 4.78 is 13.4. The van der Waals surface area contributed by atoms with Gasteiger partial charge in [-0.2, -0.15) is 0 Å². The molecule has 0 atom stereocenters. The predicted octanol–water partition coefficient (Wildman–Crippen LogP) is 5.97. The third-order valence-corrected chi connectivity index (χ3v) is 6.26. The fourth-order valence-electron chi connectivity index (χ4n) is 4.24. The Labute approximate surface area is 213 Å². The number of hydrogen-bond donors (Lipinski definition) is 1. The molecule has 6 heteroatoms. The Hall–Kier alpha value is -3.80. The average molecular weight is 486 g/mol. The summed E-state index contributed by atoms with van der Waals surface area (Å²) in [6.07, 6.45) is 4.83. The number of nitrogens with zero attached hydrogens (tertiary/aromatic N) is 2. The SMILES string of the molecule is COc1ccc(C(=O)NCCCCCc2nc3ccccc3n2CCCOc2ccc(C)cc2)cc1. The Bertz CT molecular complexity index is 1250. The molecule has 0 fully saturated rings. The van der Waals surface area contributed by atoms with E-state index < -0.39 is 0 Å². The third kappa shape index (κ3) is 6.87. The van der Waals surface area contributed by atoms with Gasteiger partial charge in [0.25, 0.3) is 5.91 Å². The van der Waals surface area contributed by atoms with Crippen molar-refractivity contribution in [3.05, 3.63) is 89.7 Å². The van der Waals surface area contributed by atoms with E-state index in [1.54, 1.807) is 31.4 Å². The summed E-state index contributed by atoms with van der Waals surface area (Å²) in [6, 6.07) is 23.7. The molecule has 36 heavy (non-hydrogen) atoms. The van der Waals surface area contributed by atoms with Crippen molar-refractivity contribution >= 4 is 16.9 Å². The Morgan fingerprint density at radius 3 is 2.42 bits per heavy atom. The summed E-state index contributed by atoms with van der Waals surface area (Å²) in [6.45, 7) is 4.29. The van der Waals surface area contributed by atoms with E-state index in [0.29, 0.717) is 18.7 Å². The molecular formula is C30H35N3O3. The number of unbranched alkanes of at least 4 members (excludes halogenated alkanes) is 2. The molecule has 1 heterocycles. The van der Waals surface area contributed by atoms with E-state index in [4.69, 9.17) is 14.5 Å². The number of para-hydroxylation sites is 2. The van der Waals surface area contributed by atoms with Crippen molar-refractivity contribution in [2.75, 3.05) is 20.3 Å². The molecule has 0 bridgehead atoms. The maximum atomic E-state index is 12.3. The fourth-order valence-corrected chi connectivity index (χ4v) is 4.24. The fraction of sp³-hybridized carbons (Fsp3) is 0.333. The monoisotopic (exact) mass is 485 g/mol. The highest BCUT2D eigenvalue weighted by Gasteiger charge is 2.10. The maximum absolute atomic E-state index is 12.3. The van der Waals surface area contributed by atoms with Crippen molar-refractivity contribution in [2.45, 2.75) is 45.6 Å². The highest BCUT2D eigenvalue weighted by atomic mass is 16.5. The van der Waals surface area contributed by atoms with Crippen LogP contribution in [-0.2, 0) is 13.0 Å². The molecule has 3 aromatic carbocycles. The van der Waals surface area contributed by atoms with Crippen LogP contribution in [-0.4, -0.2) is 35.7 Å². The Morgan fingerprint density at radius 1 is 0.889 bits per heavy atom. The molecule has 6 nitrogen and oxygen atoms in total. The van der Waals surface area contributed by atoms with Gasteiger partial charge < -0.3 is 19.4 Å². The number of nitrogens with one attached hydrogen (secondary N) is 1. The summed E-state index contributed by atoms with van der Waals surface area (Å²) in [4.78, 5) is 17.2. The van der Waals surface area contributed by atoms with Gasteiger partial charge in [0.1, 0.15) is 17.3 Å². The largest absolute Gasteiger partial charge is 0.497 e. The lowest BCUT2D eigenvalue weighted by atomic mass is 10.1. The van der Waals surface area contributed by atoms with Crippen LogP contribution in [0.25, 0.3) is 11.0 Å². The molecule has 1 aromatic heterocycles. The van der Waals surface area contributed by atoms with Gasteiger partial charge in [0, 0.05) is 25.1 Å². The molecule has 1 N–H and O–H groups in total. The molecule has 4 aromatic rings. The second kappa shape index (κ2) is 12.8. The molecule has 0 unspecified atom stereocenters. The first-order chi connectivity index (χ1) is 17.6. The number of aryl methyl sites for hydroxylation is 3. The summed E-state index contributed by atoms with van der Waals surface area (Å²) in [5.74, 6) is 2.73. The van der Waals surface area contributed by atoms with Crippen LogP contribution in [0.3, 0.4) is 0 Å². The van der Waals surface area contributed by atoms with Gasteiger partial charge in [0.2, 0.25) is 0 Å². The number of hydrogen-bond acceptors (Lipinski definition) is 4. The molecule has 0 aliphatic rings. The summed E-state index contributed by atoms with van der Waals surface area (Å²) >= 11 is 0. The van der Waals surface area contributed by atoms with Crippen LogP contribution in [0.4, 0.5) is 0 Å². The van der Waals surface area contributed by atoms with Crippen molar-refractivity contribution in [1.29, 1.82) is 0 Å². The van der Waals surface area contributed by atoms with Crippen LogP contribution >= 0.6 is 0 Å². The number of rotatable bonds is 13. The van der Waals surface area contributed by atoms with Crippen LogP contribution in [0.5, 0.6) is 11.5 Å². The average Bonchev–Trinajstić information content (AvgIpc) is 3.26. The van der Waals surface area contributed by atoms with Gasteiger partial charge in [-0.25, -0.2) is 4.98 Å². The van der Waals surface area contributed by atoms with E-state index in [-0.39, 0.29) is 5.91 Å². The Balaban J connectivity index is 1.23. The van der Waals surface area contributed by atoms with Crippen molar-refractivity contribution < 1.29 is 14.3 Å². The van der Waals surface area contributed by atoms with E-state index in [2.05, 4.69) is 47.1 Å². The van der Waals surface area contributed by atoms with Crippen LogP contribution in [0.1, 0.15) is 47.4 Å². The molecule has 188 valence electrons. The van der Waals surface area contributed by atoms with Gasteiger partial charge in [-0.05, 0) is 74.7 Å². The van der Waals surface area contributed by atoms with Crippen molar-refractivity contribution in [2.24, 2.45) is 0 Å². The van der Waals surface area contributed by atoms with E-state index in [9.17, 15) is 4.79 Å². The highest BCUT2D eigenvalue weighted by molar-refractivity contribution is 5.94. The highest BCUT2D eigenvalue weighted by Crippen LogP contribution is 2.19. The lowest BCUT2D eigenvalue weighted by molar-refractivity contribution is 0.0953. The second-order valence-electron chi connectivity index (χ2n) is 8.98. The summed E-state index contributed by atoms with van der Waals surface area (Å²) in [5, 5.41) is 3.00. The lowest BCUT2D eigenvalue weighted by Gasteiger charge is -2.11. The van der Waals surface area contributed by atoms with Crippen LogP contribution in [0.2, 0.25) is 0 Å². The van der Waals surface area contributed by atoms with Crippen molar-refractivity contribution in [3.63, 3.8) is 0 Å². The number of benzene rings is 3. The minimum absolute atomic E-state index is 0.0488. The number of carbonyl (C=O) groups is 1. The molecule has 0 saturated heterocycles. The van der Waals surface area contributed by atoms with Crippen molar-refractivity contribution in [3.8, 4) is 11.5 Å². The van der Waals surface area contributed by atoms with E-state index in [1.165, 1.54) is 11.1 Å². The molecule has 1 amide bonds. The third-order valence-electron chi connectivity index (χ3n) is 6.26. The van der Waals surface area contributed by atoms with Gasteiger partial charge in [0.15, 0.2) is 0 Å². The quantitative estimate of drug-likeness (QED) is 0.237. The molecular weight excluding hydrogens is 450 g/mol. The zero-order valence-electron chi connectivity index (χ0n) is 21.2. The van der Waals surface area contributed by atoms with Gasteiger partial charge in [-0.1, -0.05) is 36.2 Å². The Kier molecular flexibility index (Phi) is 8.98.